The molecule has 1 rings (SSSR count). The number of hydrogen-bond acceptors (Lipinski definition) is 2. The Morgan fingerprint density at radius 1 is 1.28 bits per heavy atom. The lowest BCUT2D eigenvalue weighted by Gasteiger charge is -2.34. The Labute approximate surface area is 119 Å². The molecule has 0 N–H and O–H groups in total. The predicted octanol–water partition coefficient (Wildman–Crippen LogP) is 4.14. The molecule has 0 radical (unpaired) electrons. The van der Waals surface area contributed by atoms with E-state index in [0.717, 1.165) is 23.0 Å². The number of carbonyl (C=O) groups is 1. The number of hydrogen-bond donors (Lipinski definition) is 0. The highest BCUT2D eigenvalue weighted by molar-refractivity contribution is 9.10. The summed E-state index contributed by atoms with van der Waals surface area (Å²) in [7, 11) is 2.08. The van der Waals surface area contributed by atoms with Crippen molar-refractivity contribution in [3.05, 3.63) is 34.3 Å². The minimum absolute atomic E-state index is 0.153. The van der Waals surface area contributed by atoms with Crippen LogP contribution in [0.1, 0.15) is 44.0 Å². The Morgan fingerprint density at radius 2 is 1.83 bits per heavy atom. The molecular weight excluding hydrogens is 290 g/mol. The topological polar surface area (TPSA) is 20.3 Å². The van der Waals surface area contributed by atoms with Crippen LogP contribution >= 0.6 is 15.9 Å². The van der Waals surface area contributed by atoms with Gasteiger partial charge in [-0.1, -0.05) is 35.0 Å². The standard InChI is InChI=1S/C15H22BrNO/c1-5-15(2,3)17(4)11-10-14(18)12-6-8-13(16)9-7-12/h6-9H,5,10-11H2,1-4H3. The van der Waals surface area contributed by atoms with Gasteiger partial charge in [0.2, 0.25) is 0 Å². The summed E-state index contributed by atoms with van der Waals surface area (Å²) in [5, 5.41) is 0. The second-order valence-corrected chi connectivity index (χ2v) is 6.18. The van der Waals surface area contributed by atoms with Crippen LogP contribution in [0.3, 0.4) is 0 Å². The third kappa shape index (κ3) is 4.21. The molecule has 0 bridgehead atoms. The minimum Gasteiger partial charge on any atom is -0.301 e. The van der Waals surface area contributed by atoms with Gasteiger partial charge in [-0.15, -0.1) is 0 Å². The number of carbonyl (C=O) groups excluding carboxylic acids is 1. The van der Waals surface area contributed by atoms with Crippen molar-refractivity contribution in [2.24, 2.45) is 0 Å². The van der Waals surface area contributed by atoms with Crippen molar-refractivity contribution in [1.82, 2.24) is 4.90 Å². The van der Waals surface area contributed by atoms with E-state index in [4.69, 9.17) is 0 Å². The first-order valence-electron chi connectivity index (χ1n) is 6.37. The quantitative estimate of drug-likeness (QED) is 0.736. The molecule has 0 unspecified atom stereocenters. The Hall–Kier alpha value is -0.670. The van der Waals surface area contributed by atoms with Crippen LogP contribution in [0, 0.1) is 0 Å². The van der Waals surface area contributed by atoms with E-state index in [-0.39, 0.29) is 11.3 Å². The van der Waals surface area contributed by atoms with E-state index in [0.29, 0.717) is 6.42 Å². The van der Waals surface area contributed by atoms with E-state index in [1.54, 1.807) is 0 Å². The highest BCUT2D eigenvalue weighted by Gasteiger charge is 2.21. The number of nitrogens with zero attached hydrogens (tertiary/aromatic N) is 1. The lowest BCUT2D eigenvalue weighted by atomic mass is 9.99. The summed E-state index contributed by atoms with van der Waals surface area (Å²) in [5.74, 6) is 0.209. The monoisotopic (exact) mass is 311 g/mol. The molecule has 2 nitrogen and oxygen atoms in total. The van der Waals surface area contributed by atoms with Crippen LogP contribution in [0.5, 0.6) is 0 Å². The van der Waals surface area contributed by atoms with Crippen LogP contribution in [0.25, 0.3) is 0 Å². The number of benzene rings is 1. The first-order valence-corrected chi connectivity index (χ1v) is 7.16. The number of rotatable bonds is 6. The highest BCUT2D eigenvalue weighted by Crippen LogP contribution is 2.17. The van der Waals surface area contributed by atoms with Gasteiger partial charge in [0.15, 0.2) is 5.78 Å². The molecule has 0 atom stereocenters. The third-order valence-corrected chi connectivity index (χ3v) is 4.27. The van der Waals surface area contributed by atoms with Crippen molar-refractivity contribution in [1.29, 1.82) is 0 Å². The average molecular weight is 312 g/mol. The second kappa shape index (κ2) is 6.48. The largest absolute Gasteiger partial charge is 0.301 e. The maximum atomic E-state index is 12.0. The van der Waals surface area contributed by atoms with Crippen LogP contribution in [0.2, 0.25) is 0 Å². The third-order valence-electron chi connectivity index (χ3n) is 3.74. The van der Waals surface area contributed by atoms with Crippen molar-refractivity contribution in [2.75, 3.05) is 13.6 Å². The molecule has 1 aromatic carbocycles. The lowest BCUT2D eigenvalue weighted by molar-refractivity contribution is 0.0929. The number of Topliss-reactive ketones (excluding diaryl/α,β-unsaturated/α-hetero) is 1. The van der Waals surface area contributed by atoms with Gasteiger partial charge >= 0.3 is 0 Å². The zero-order chi connectivity index (χ0) is 13.8. The fraction of sp³-hybridized carbons (Fsp3) is 0.533. The van der Waals surface area contributed by atoms with Gasteiger partial charge in [-0.25, -0.2) is 0 Å². The molecular formula is C15H22BrNO. The van der Waals surface area contributed by atoms with E-state index >= 15 is 0 Å². The summed E-state index contributed by atoms with van der Waals surface area (Å²) >= 11 is 3.37. The van der Waals surface area contributed by atoms with E-state index in [2.05, 4.69) is 48.6 Å². The van der Waals surface area contributed by atoms with E-state index in [1.807, 2.05) is 24.3 Å². The van der Waals surface area contributed by atoms with Crippen LogP contribution in [0.4, 0.5) is 0 Å². The molecule has 0 saturated heterocycles. The fourth-order valence-electron chi connectivity index (χ4n) is 1.62. The van der Waals surface area contributed by atoms with Gasteiger partial charge in [0.25, 0.3) is 0 Å². The summed E-state index contributed by atoms with van der Waals surface area (Å²) in [6.45, 7) is 7.39. The van der Waals surface area contributed by atoms with E-state index < -0.39 is 0 Å². The van der Waals surface area contributed by atoms with Crippen LogP contribution in [-0.4, -0.2) is 29.8 Å². The Kier molecular flexibility index (Phi) is 5.54. The summed E-state index contributed by atoms with van der Waals surface area (Å²) < 4.78 is 1.00. The molecule has 0 saturated carbocycles. The maximum Gasteiger partial charge on any atom is 0.164 e. The van der Waals surface area contributed by atoms with Crippen LogP contribution in [0.15, 0.2) is 28.7 Å². The van der Waals surface area contributed by atoms with Crippen molar-refractivity contribution < 1.29 is 4.79 Å². The Bertz CT molecular complexity index is 397. The van der Waals surface area contributed by atoms with Gasteiger partial charge in [0, 0.05) is 28.5 Å². The number of ketones is 1. The fourth-order valence-corrected chi connectivity index (χ4v) is 1.89. The molecule has 0 spiro atoms. The molecule has 0 heterocycles. The van der Waals surface area contributed by atoms with Gasteiger partial charge in [0.05, 0.1) is 0 Å². The maximum absolute atomic E-state index is 12.0. The summed E-state index contributed by atoms with van der Waals surface area (Å²) in [6, 6.07) is 7.56. The second-order valence-electron chi connectivity index (χ2n) is 5.27. The molecule has 0 aliphatic carbocycles. The first kappa shape index (κ1) is 15.4. The zero-order valence-corrected chi connectivity index (χ0v) is 13.3. The normalized spacial score (nSPS) is 11.9. The summed E-state index contributed by atoms with van der Waals surface area (Å²) in [6.07, 6.45) is 1.65. The van der Waals surface area contributed by atoms with Crippen LogP contribution < -0.4 is 0 Å². The molecule has 0 aromatic heterocycles. The van der Waals surface area contributed by atoms with Gasteiger partial charge in [-0.2, -0.15) is 0 Å². The smallest absolute Gasteiger partial charge is 0.164 e. The van der Waals surface area contributed by atoms with Gasteiger partial charge in [-0.05, 0) is 39.4 Å². The molecule has 18 heavy (non-hydrogen) atoms. The van der Waals surface area contributed by atoms with Crippen molar-refractivity contribution >= 4 is 21.7 Å². The first-order chi connectivity index (χ1) is 8.36. The van der Waals surface area contributed by atoms with Gasteiger partial charge < -0.3 is 4.90 Å². The van der Waals surface area contributed by atoms with Crippen molar-refractivity contribution in [3.8, 4) is 0 Å². The molecule has 100 valence electrons. The average Bonchev–Trinajstić information content (AvgIpc) is 2.36. The summed E-state index contributed by atoms with van der Waals surface area (Å²) in [5.41, 5.74) is 0.945. The molecule has 0 aliphatic rings. The number of halogens is 1. The molecule has 3 heteroatoms. The van der Waals surface area contributed by atoms with Crippen molar-refractivity contribution in [3.63, 3.8) is 0 Å². The van der Waals surface area contributed by atoms with Crippen LogP contribution in [-0.2, 0) is 0 Å². The van der Waals surface area contributed by atoms with Gasteiger partial charge in [-0.3, -0.25) is 4.79 Å². The summed E-state index contributed by atoms with van der Waals surface area (Å²) in [4.78, 5) is 14.3. The molecule has 1 aromatic rings. The predicted molar refractivity (Wildman–Crippen MR) is 80.1 cm³/mol. The van der Waals surface area contributed by atoms with Gasteiger partial charge in [0.1, 0.15) is 0 Å². The highest BCUT2D eigenvalue weighted by atomic mass is 79.9. The molecule has 0 aliphatic heterocycles. The van der Waals surface area contributed by atoms with E-state index in [1.165, 1.54) is 0 Å². The van der Waals surface area contributed by atoms with E-state index in [9.17, 15) is 4.79 Å². The minimum atomic E-state index is 0.153. The molecule has 0 amide bonds. The van der Waals surface area contributed by atoms with Crippen molar-refractivity contribution in [2.45, 2.75) is 39.2 Å². The lowest BCUT2D eigenvalue weighted by Crippen LogP contribution is -2.41. The SMILES string of the molecule is CCC(C)(C)N(C)CCC(=O)c1ccc(Br)cc1. The Balaban J connectivity index is 2.54. The molecule has 0 fully saturated rings. The Morgan fingerprint density at radius 3 is 2.33 bits per heavy atom. The zero-order valence-electron chi connectivity index (χ0n) is 11.7.